The van der Waals surface area contributed by atoms with E-state index in [0.717, 1.165) is 25.8 Å². The Morgan fingerprint density at radius 1 is 1.33 bits per heavy atom. The lowest BCUT2D eigenvalue weighted by Gasteiger charge is -2.26. The monoisotopic (exact) mass is 425 g/mol. The molecule has 1 aromatic rings. The molecule has 0 bridgehead atoms. The summed E-state index contributed by atoms with van der Waals surface area (Å²) >= 11 is 0. The molecule has 12 nitrogen and oxygen atoms in total. The SMILES string of the molecule is O=C(N[C@H]1C[C@H](C(=O)NCCN2CCOCC2)C[C@@H]1O)c1c[nH]c(=O)cn1.O=CO. The number of ether oxygens (including phenoxy) is 1. The molecule has 0 radical (unpaired) electrons. The van der Waals surface area contributed by atoms with E-state index in [1.165, 1.54) is 6.20 Å². The van der Waals surface area contributed by atoms with E-state index in [1.54, 1.807) is 0 Å². The highest BCUT2D eigenvalue weighted by atomic mass is 16.5. The van der Waals surface area contributed by atoms with Gasteiger partial charge in [0.15, 0.2) is 0 Å². The van der Waals surface area contributed by atoms with Gasteiger partial charge in [-0.15, -0.1) is 0 Å². The molecule has 1 saturated heterocycles. The van der Waals surface area contributed by atoms with Gasteiger partial charge in [-0.25, -0.2) is 4.98 Å². The first-order valence-corrected chi connectivity index (χ1v) is 9.64. The number of amides is 2. The van der Waals surface area contributed by atoms with E-state index >= 15 is 0 Å². The molecule has 1 saturated carbocycles. The highest BCUT2D eigenvalue weighted by molar-refractivity contribution is 5.92. The maximum atomic E-state index is 12.3. The molecule has 1 aliphatic heterocycles. The van der Waals surface area contributed by atoms with Gasteiger partial charge in [0.2, 0.25) is 5.91 Å². The first kappa shape index (κ1) is 23.4. The number of rotatable bonds is 6. The average Bonchev–Trinajstić information content (AvgIpc) is 3.10. The fraction of sp³-hybridized carbons (Fsp3) is 0.611. The van der Waals surface area contributed by atoms with Crippen molar-refractivity contribution in [1.29, 1.82) is 0 Å². The van der Waals surface area contributed by atoms with E-state index in [-0.39, 0.29) is 24.0 Å². The standard InChI is InChI=1S/C17H25N5O5.CH2O2/c23-14-8-11(16(25)18-1-2-22-3-5-27-6-4-22)7-12(14)21-17(26)13-9-20-15(24)10-19-13;2-1-3/h9-12,14,23H,1-8H2,(H,18,25)(H,20,24)(H,21,26);1H,(H,2,3)/t11-,12-,14-;/m0./s1. The van der Waals surface area contributed by atoms with Crippen molar-refractivity contribution < 1.29 is 29.3 Å². The number of aromatic nitrogens is 2. The molecular weight excluding hydrogens is 398 g/mol. The van der Waals surface area contributed by atoms with Crippen molar-refractivity contribution in [2.75, 3.05) is 39.4 Å². The number of morpholine rings is 1. The largest absolute Gasteiger partial charge is 0.483 e. The van der Waals surface area contributed by atoms with Gasteiger partial charge in [0.1, 0.15) is 5.69 Å². The smallest absolute Gasteiger partial charge is 0.290 e. The van der Waals surface area contributed by atoms with E-state index in [1.807, 2.05) is 0 Å². The number of carbonyl (C=O) groups is 3. The molecular formula is C18H27N5O7. The van der Waals surface area contributed by atoms with E-state index in [9.17, 15) is 19.5 Å². The Kier molecular flexibility index (Phi) is 9.38. The number of aromatic amines is 1. The molecule has 0 unspecified atom stereocenters. The molecule has 30 heavy (non-hydrogen) atoms. The molecule has 5 N–H and O–H groups in total. The van der Waals surface area contributed by atoms with Gasteiger partial charge in [0.25, 0.3) is 17.9 Å². The van der Waals surface area contributed by atoms with Crippen molar-refractivity contribution >= 4 is 18.3 Å². The molecule has 2 heterocycles. The van der Waals surface area contributed by atoms with Crippen LogP contribution in [0.15, 0.2) is 17.2 Å². The summed E-state index contributed by atoms with van der Waals surface area (Å²) in [5, 5.41) is 22.7. The summed E-state index contributed by atoms with van der Waals surface area (Å²) in [5.74, 6) is -0.955. The van der Waals surface area contributed by atoms with Crippen molar-refractivity contribution in [3.8, 4) is 0 Å². The Labute approximate surface area is 172 Å². The van der Waals surface area contributed by atoms with Crippen molar-refractivity contribution in [2.45, 2.75) is 25.0 Å². The molecule has 0 spiro atoms. The number of nitrogens with zero attached hydrogens (tertiary/aromatic N) is 2. The first-order valence-electron chi connectivity index (χ1n) is 9.64. The zero-order chi connectivity index (χ0) is 21.9. The number of nitrogens with one attached hydrogen (secondary N) is 3. The number of carboxylic acid groups (broad SMARTS) is 1. The second-order valence-corrected chi connectivity index (χ2v) is 6.96. The molecule has 166 valence electrons. The molecule has 1 aromatic heterocycles. The number of H-pyrrole nitrogens is 1. The van der Waals surface area contributed by atoms with Gasteiger partial charge in [0, 0.05) is 38.3 Å². The Hall–Kier alpha value is -2.83. The van der Waals surface area contributed by atoms with Crippen LogP contribution < -0.4 is 16.2 Å². The topological polar surface area (TPSA) is 174 Å². The lowest BCUT2D eigenvalue weighted by atomic mass is 10.1. The number of hydrogen-bond donors (Lipinski definition) is 5. The van der Waals surface area contributed by atoms with Crippen LogP contribution in [-0.2, 0) is 14.3 Å². The third-order valence-electron chi connectivity index (χ3n) is 4.95. The van der Waals surface area contributed by atoms with Gasteiger partial charge >= 0.3 is 0 Å². The minimum Gasteiger partial charge on any atom is -0.483 e. The fourth-order valence-electron chi connectivity index (χ4n) is 3.40. The van der Waals surface area contributed by atoms with Gasteiger partial charge in [-0.1, -0.05) is 0 Å². The van der Waals surface area contributed by atoms with Gasteiger partial charge in [-0.3, -0.25) is 24.1 Å². The lowest BCUT2D eigenvalue weighted by molar-refractivity contribution is -0.125. The molecule has 2 aliphatic rings. The summed E-state index contributed by atoms with van der Waals surface area (Å²) in [4.78, 5) is 52.2. The van der Waals surface area contributed by atoms with E-state index in [2.05, 4.69) is 25.5 Å². The zero-order valence-corrected chi connectivity index (χ0v) is 16.5. The summed E-state index contributed by atoms with van der Waals surface area (Å²) in [6, 6.07) is -0.527. The van der Waals surface area contributed by atoms with Crippen LogP contribution in [0, 0.1) is 5.92 Å². The Morgan fingerprint density at radius 2 is 2.03 bits per heavy atom. The maximum absolute atomic E-state index is 12.3. The molecule has 2 fully saturated rings. The Morgan fingerprint density at radius 3 is 2.67 bits per heavy atom. The van der Waals surface area contributed by atoms with E-state index in [0.29, 0.717) is 32.6 Å². The molecule has 2 amide bonds. The molecule has 0 aromatic carbocycles. The summed E-state index contributed by atoms with van der Waals surface area (Å²) in [6.45, 7) is 4.23. The van der Waals surface area contributed by atoms with Crippen molar-refractivity contribution in [3.63, 3.8) is 0 Å². The third-order valence-corrected chi connectivity index (χ3v) is 4.95. The molecule has 3 rings (SSSR count). The molecule has 12 heteroatoms. The average molecular weight is 425 g/mol. The highest BCUT2D eigenvalue weighted by Crippen LogP contribution is 2.26. The van der Waals surface area contributed by atoms with Gasteiger partial charge in [-0.2, -0.15) is 0 Å². The normalized spacial score (nSPS) is 23.7. The molecule has 3 atom stereocenters. The minimum absolute atomic E-state index is 0.0558. The quantitative estimate of drug-likeness (QED) is 0.317. The first-order chi connectivity index (χ1) is 14.4. The summed E-state index contributed by atoms with van der Waals surface area (Å²) in [5.41, 5.74) is -0.346. The number of carbonyl (C=O) groups excluding carboxylic acids is 2. The maximum Gasteiger partial charge on any atom is 0.290 e. The van der Waals surface area contributed by atoms with E-state index in [4.69, 9.17) is 14.6 Å². The van der Waals surface area contributed by atoms with Crippen LogP contribution in [0.5, 0.6) is 0 Å². The number of aliphatic hydroxyl groups excluding tert-OH is 1. The third kappa shape index (κ3) is 7.21. The Balaban J connectivity index is 0.00000101. The summed E-state index contributed by atoms with van der Waals surface area (Å²) in [6.07, 6.45) is 2.10. The van der Waals surface area contributed by atoms with Crippen molar-refractivity contribution in [2.24, 2.45) is 5.92 Å². The van der Waals surface area contributed by atoms with Gasteiger partial charge in [-0.05, 0) is 12.8 Å². The van der Waals surface area contributed by atoms with Crippen molar-refractivity contribution in [1.82, 2.24) is 25.5 Å². The van der Waals surface area contributed by atoms with Crippen molar-refractivity contribution in [3.05, 3.63) is 28.4 Å². The van der Waals surface area contributed by atoms with E-state index < -0.39 is 23.6 Å². The molecule has 1 aliphatic carbocycles. The van der Waals surface area contributed by atoms with Crippen LogP contribution >= 0.6 is 0 Å². The zero-order valence-electron chi connectivity index (χ0n) is 16.5. The van der Waals surface area contributed by atoms with Gasteiger partial charge < -0.3 is 30.6 Å². The lowest BCUT2D eigenvalue weighted by Crippen LogP contribution is -2.42. The Bertz CT molecular complexity index is 745. The predicted octanol–water partition coefficient (Wildman–Crippen LogP) is -2.21. The minimum atomic E-state index is -0.799. The van der Waals surface area contributed by atoms with Crippen LogP contribution in [-0.4, -0.2) is 94.9 Å². The second-order valence-electron chi connectivity index (χ2n) is 6.96. The highest BCUT2D eigenvalue weighted by Gasteiger charge is 2.37. The van der Waals surface area contributed by atoms with Crippen LogP contribution in [0.1, 0.15) is 23.3 Å². The van der Waals surface area contributed by atoms with Crippen LogP contribution in [0.3, 0.4) is 0 Å². The van der Waals surface area contributed by atoms with Gasteiger partial charge in [0.05, 0.1) is 31.6 Å². The van der Waals surface area contributed by atoms with Crippen LogP contribution in [0.4, 0.5) is 0 Å². The summed E-state index contributed by atoms with van der Waals surface area (Å²) < 4.78 is 5.29. The number of aliphatic hydroxyl groups is 1. The van der Waals surface area contributed by atoms with Crippen LogP contribution in [0.2, 0.25) is 0 Å². The number of hydrogen-bond acceptors (Lipinski definition) is 8. The second kappa shape index (κ2) is 12.0. The predicted molar refractivity (Wildman–Crippen MR) is 104 cm³/mol. The fourth-order valence-corrected chi connectivity index (χ4v) is 3.40. The summed E-state index contributed by atoms with van der Waals surface area (Å²) in [7, 11) is 0. The van der Waals surface area contributed by atoms with Crippen LogP contribution in [0.25, 0.3) is 0 Å².